The standard InChI is InChI=1S/C12H16ClNO2/c1-7(6-14)4-9-5-8-2-3-16-12(8)10(13)11(9)15/h5,7,15H,2-4,6,14H2,1H3. The molecular formula is C12H16ClNO2. The van der Waals surface area contributed by atoms with E-state index in [0.717, 1.165) is 24.0 Å². The van der Waals surface area contributed by atoms with E-state index in [4.69, 9.17) is 22.1 Å². The topological polar surface area (TPSA) is 55.5 Å². The molecule has 3 N–H and O–H groups in total. The van der Waals surface area contributed by atoms with Gasteiger partial charge in [0.05, 0.1) is 6.61 Å². The van der Waals surface area contributed by atoms with Crippen molar-refractivity contribution in [3.63, 3.8) is 0 Å². The van der Waals surface area contributed by atoms with E-state index in [1.54, 1.807) is 0 Å². The zero-order chi connectivity index (χ0) is 11.7. The van der Waals surface area contributed by atoms with Crippen molar-refractivity contribution in [1.29, 1.82) is 0 Å². The van der Waals surface area contributed by atoms with Gasteiger partial charge in [-0.1, -0.05) is 18.5 Å². The lowest BCUT2D eigenvalue weighted by Gasteiger charge is -2.13. The van der Waals surface area contributed by atoms with Crippen molar-refractivity contribution in [2.24, 2.45) is 11.7 Å². The highest BCUT2D eigenvalue weighted by Gasteiger charge is 2.22. The molecule has 0 radical (unpaired) electrons. The van der Waals surface area contributed by atoms with Crippen molar-refractivity contribution in [3.05, 3.63) is 22.2 Å². The molecule has 16 heavy (non-hydrogen) atoms. The summed E-state index contributed by atoms with van der Waals surface area (Å²) in [5, 5.41) is 10.3. The summed E-state index contributed by atoms with van der Waals surface area (Å²) in [5.74, 6) is 1.12. The third-order valence-corrected chi connectivity index (χ3v) is 3.29. The molecule has 1 atom stereocenters. The molecule has 88 valence electrons. The van der Waals surface area contributed by atoms with Crippen LogP contribution in [0.2, 0.25) is 5.02 Å². The quantitative estimate of drug-likeness (QED) is 0.852. The Labute approximate surface area is 100 Å². The zero-order valence-electron chi connectivity index (χ0n) is 9.29. The molecule has 1 aromatic rings. The largest absolute Gasteiger partial charge is 0.506 e. The van der Waals surface area contributed by atoms with Gasteiger partial charge in [0.1, 0.15) is 16.5 Å². The lowest BCUT2D eigenvalue weighted by Crippen LogP contribution is -2.13. The van der Waals surface area contributed by atoms with Gasteiger partial charge in [0.2, 0.25) is 0 Å². The third kappa shape index (κ3) is 1.97. The first kappa shape index (κ1) is 11.6. The maximum atomic E-state index is 9.95. The Morgan fingerprint density at radius 2 is 2.38 bits per heavy atom. The van der Waals surface area contributed by atoms with Crippen molar-refractivity contribution >= 4 is 11.6 Å². The van der Waals surface area contributed by atoms with Gasteiger partial charge in [0.25, 0.3) is 0 Å². The Kier molecular flexibility index (Phi) is 3.26. The summed E-state index contributed by atoms with van der Waals surface area (Å²) in [6, 6.07) is 1.98. The Morgan fingerprint density at radius 1 is 1.62 bits per heavy atom. The van der Waals surface area contributed by atoms with Crippen molar-refractivity contribution in [3.8, 4) is 11.5 Å². The van der Waals surface area contributed by atoms with Crippen LogP contribution in [0.15, 0.2) is 6.07 Å². The lowest BCUT2D eigenvalue weighted by atomic mass is 9.98. The highest BCUT2D eigenvalue weighted by Crippen LogP contribution is 2.42. The van der Waals surface area contributed by atoms with Crippen molar-refractivity contribution in [2.75, 3.05) is 13.2 Å². The summed E-state index contributed by atoms with van der Waals surface area (Å²) < 4.78 is 5.38. The number of hydrogen-bond acceptors (Lipinski definition) is 3. The van der Waals surface area contributed by atoms with Gasteiger partial charge in [-0.05, 0) is 36.1 Å². The molecule has 0 saturated heterocycles. The summed E-state index contributed by atoms with van der Waals surface area (Å²) in [6.45, 7) is 3.30. The highest BCUT2D eigenvalue weighted by atomic mass is 35.5. The summed E-state index contributed by atoms with van der Waals surface area (Å²) in [4.78, 5) is 0. The van der Waals surface area contributed by atoms with Crippen LogP contribution in [0.5, 0.6) is 11.5 Å². The second kappa shape index (κ2) is 4.52. The molecule has 0 bridgehead atoms. The minimum absolute atomic E-state index is 0.141. The van der Waals surface area contributed by atoms with Crippen LogP contribution in [0.4, 0.5) is 0 Å². The molecule has 0 spiro atoms. The molecule has 2 rings (SSSR count). The average Bonchev–Trinajstić information content (AvgIpc) is 2.73. The third-order valence-electron chi connectivity index (χ3n) is 2.94. The van der Waals surface area contributed by atoms with Gasteiger partial charge >= 0.3 is 0 Å². The Morgan fingerprint density at radius 3 is 3.06 bits per heavy atom. The minimum atomic E-state index is 0.141. The van der Waals surface area contributed by atoms with Crippen LogP contribution in [0.1, 0.15) is 18.1 Å². The number of fused-ring (bicyclic) bond motifs is 1. The number of phenolic OH excluding ortho intramolecular Hbond substituents is 1. The molecule has 4 heteroatoms. The first-order chi connectivity index (χ1) is 7.63. The molecule has 1 unspecified atom stereocenters. The predicted molar refractivity (Wildman–Crippen MR) is 64.2 cm³/mol. The van der Waals surface area contributed by atoms with Crippen LogP contribution in [-0.2, 0) is 12.8 Å². The second-order valence-electron chi connectivity index (χ2n) is 4.33. The van der Waals surface area contributed by atoms with Gasteiger partial charge in [-0.25, -0.2) is 0 Å². The second-order valence-corrected chi connectivity index (χ2v) is 4.71. The van der Waals surface area contributed by atoms with Crippen molar-refractivity contribution in [1.82, 2.24) is 0 Å². The Hall–Kier alpha value is -0.930. The van der Waals surface area contributed by atoms with Crippen LogP contribution in [0, 0.1) is 5.92 Å². The predicted octanol–water partition coefficient (Wildman–Crippen LogP) is 2.12. The Bertz CT molecular complexity index is 406. The molecule has 0 fully saturated rings. The smallest absolute Gasteiger partial charge is 0.145 e. The molecule has 1 aliphatic rings. The number of hydrogen-bond donors (Lipinski definition) is 2. The van der Waals surface area contributed by atoms with Crippen LogP contribution in [-0.4, -0.2) is 18.3 Å². The van der Waals surface area contributed by atoms with Crippen LogP contribution in [0.25, 0.3) is 0 Å². The number of aromatic hydroxyl groups is 1. The van der Waals surface area contributed by atoms with Gasteiger partial charge in [-0.3, -0.25) is 0 Å². The molecule has 0 aromatic heterocycles. The van der Waals surface area contributed by atoms with E-state index in [1.165, 1.54) is 0 Å². The van der Waals surface area contributed by atoms with E-state index in [-0.39, 0.29) is 5.75 Å². The van der Waals surface area contributed by atoms with Crippen molar-refractivity contribution in [2.45, 2.75) is 19.8 Å². The van der Waals surface area contributed by atoms with E-state index >= 15 is 0 Å². The van der Waals surface area contributed by atoms with E-state index in [9.17, 15) is 5.11 Å². The molecule has 0 amide bonds. The SMILES string of the molecule is CC(CN)Cc1cc2c(c(Cl)c1O)OCC2. The minimum Gasteiger partial charge on any atom is -0.506 e. The fourth-order valence-electron chi connectivity index (χ4n) is 1.95. The maximum absolute atomic E-state index is 9.95. The summed E-state index contributed by atoms with van der Waals surface area (Å²) in [6.07, 6.45) is 1.61. The number of phenols is 1. The first-order valence-electron chi connectivity index (χ1n) is 5.49. The Balaban J connectivity index is 2.36. The number of benzene rings is 1. The zero-order valence-corrected chi connectivity index (χ0v) is 10.0. The summed E-state index contributed by atoms with van der Waals surface area (Å²) >= 11 is 6.06. The van der Waals surface area contributed by atoms with Crippen molar-refractivity contribution < 1.29 is 9.84 Å². The van der Waals surface area contributed by atoms with Gasteiger partial charge < -0.3 is 15.6 Å². The van der Waals surface area contributed by atoms with E-state index in [1.807, 2.05) is 6.07 Å². The number of ether oxygens (including phenoxy) is 1. The molecule has 0 aliphatic carbocycles. The highest BCUT2D eigenvalue weighted by molar-refractivity contribution is 6.33. The molecule has 1 heterocycles. The fraction of sp³-hybridized carbons (Fsp3) is 0.500. The summed E-state index contributed by atoms with van der Waals surface area (Å²) in [5.41, 5.74) is 7.53. The van der Waals surface area contributed by atoms with Gasteiger partial charge in [-0.15, -0.1) is 0 Å². The van der Waals surface area contributed by atoms with Gasteiger partial charge in [0.15, 0.2) is 0 Å². The lowest BCUT2D eigenvalue weighted by molar-refractivity contribution is 0.354. The van der Waals surface area contributed by atoms with Gasteiger partial charge in [0, 0.05) is 6.42 Å². The van der Waals surface area contributed by atoms with E-state index in [0.29, 0.717) is 29.8 Å². The molecule has 1 aliphatic heterocycles. The van der Waals surface area contributed by atoms with E-state index in [2.05, 4.69) is 6.92 Å². The number of halogens is 1. The van der Waals surface area contributed by atoms with Crippen LogP contribution in [0.3, 0.4) is 0 Å². The monoisotopic (exact) mass is 241 g/mol. The summed E-state index contributed by atoms with van der Waals surface area (Å²) in [7, 11) is 0. The maximum Gasteiger partial charge on any atom is 0.145 e. The fourth-order valence-corrected chi connectivity index (χ4v) is 2.25. The van der Waals surface area contributed by atoms with Crippen LogP contribution < -0.4 is 10.5 Å². The number of rotatable bonds is 3. The molecular weight excluding hydrogens is 226 g/mol. The van der Waals surface area contributed by atoms with Gasteiger partial charge in [-0.2, -0.15) is 0 Å². The molecule has 0 saturated carbocycles. The van der Waals surface area contributed by atoms with Crippen LogP contribution >= 0.6 is 11.6 Å². The van der Waals surface area contributed by atoms with E-state index < -0.39 is 0 Å². The first-order valence-corrected chi connectivity index (χ1v) is 5.87. The normalized spacial score (nSPS) is 15.7. The number of nitrogens with two attached hydrogens (primary N) is 1. The molecule has 3 nitrogen and oxygen atoms in total. The average molecular weight is 242 g/mol. The molecule has 1 aromatic carbocycles.